The van der Waals surface area contributed by atoms with E-state index in [-0.39, 0.29) is 5.75 Å². The molecule has 0 spiro atoms. The average molecular weight is 166 g/mol. The molecule has 3 nitrogen and oxygen atoms in total. The summed E-state index contributed by atoms with van der Waals surface area (Å²) >= 11 is 1.29. The SMILES string of the molecule is Nc1ccc(O)c2cnsc12. The number of fused-ring (bicyclic) bond motifs is 1. The first-order valence-electron chi connectivity index (χ1n) is 3.11. The van der Waals surface area contributed by atoms with Gasteiger partial charge in [0.1, 0.15) is 5.75 Å². The van der Waals surface area contributed by atoms with Crippen LogP contribution in [0.5, 0.6) is 5.75 Å². The van der Waals surface area contributed by atoms with Gasteiger partial charge in [-0.1, -0.05) is 0 Å². The minimum Gasteiger partial charge on any atom is -0.507 e. The van der Waals surface area contributed by atoms with E-state index in [0.29, 0.717) is 5.69 Å². The van der Waals surface area contributed by atoms with E-state index >= 15 is 0 Å². The van der Waals surface area contributed by atoms with Gasteiger partial charge < -0.3 is 10.8 Å². The van der Waals surface area contributed by atoms with Crippen LogP contribution in [0, 0.1) is 0 Å². The molecular formula is C7H6N2OS. The molecule has 0 bridgehead atoms. The molecule has 0 unspecified atom stereocenters. The molecule has 0 fully saturated rings. The van der Waals surface area contributed by atoms with Gasteiger partial charge in [-0.25, -0.2) is 0 Å². The Labute approximate surface area is 67.2 Å². The lowest BCUT2D eigenvalue weighted by atomic mass is 10.2. The van der Waals surface area contributed by atoms with Crippen molar-refractivity contribution in [1.29, 1.82) is 0 Å². The molecule has 56 valence electrons. The monoisotopic (exact) mass is 166 g/mol. The standard InChI is InChI=1S/C7H6N2OS/c8-5-1-2-6(10)4-3-9-11-7(4)5/h1-3,10H,8H2. The number of phenolic OH excluding ortho intramolecular Hbond substituents is 1. The van der Waals surface area contributed by atoms with Crippen molar-refractivity contribution in [3.63, 3.8) is 0 Å². The summed E-state index contributed by atoms with van der Waals surface area (Å²) in [6.45, 7) is 0. The lowest BCUT2D eigenvalue weighted by molar-refractivity contribution is 0.482. The Kier molecular flexibility index (Phi) is 1.22. The second kappa shape index (κ2) is 2.10. The van der Waals surface area contributed by atoms with E-state index in [4.69, 9.17) is 5.73 Å². The number of nitrogens with zero attached hydrogens (tertiary/aromatic N) is 1. The van der Waals surface area contributed by atoms with E-state index in [0.717, 1.165) is 10.1 Å². The van der Waals surface area contributed by atoms with E-state index in [1.807, 2.05) is 0 Å². The van der Waals surface area contributed by atoms with Crippen molar-refractivity contribution in [2.24, 2.45) is 0 Å². The first-order chi connectivity index (χ1) is 5.29. The number of anilines is 1. The highest BCUT2D eigenvalue weighted by atomic mass is 32.1. The maximum absolute atomic E-state index is 9.30. The number of aromatic nitrogens is 1. The molecule has 3 N–H and O–H groups in total. The normalized spacial score (nSPS) is 10.5. The highest BCUT2D eigenvalue weighted by molar-refractivity contribution is 7.14. The van der Waals surface area contributed by atoms with Crippen molar-refractivity contribution in [3.05, 3.63) is 18.3 Å². The van der Waals surface area contributed by atoms with E-state index in [1.165, 1.54) is 11.5 Å². The zero-order valence-corrected chi connectivity index (χ0v) is 6.43. The molecule has 0 aliphatic heterocycles. The van der Waals surface area contributed by atoms with Crippen LogP contribution in [0.2, 0.25) is 0 Å². The fourth-order valence-electron chi connectivity index (χ4n) is 0.964. The maximum Gasteiger partial charge on any atom is 0.126 e. The number of aromatic hydroxyl groups is 1. The second-order valence-electron chi connectivity index (χ2n) is 2.24. The highest BCUT2D eigenvalue weighted by Gasteiger charge is 2.03. The van der Waals surface area contributed by atoms with Crippen LogP contribution in [-0.2, 0) is 0 Å². The lowest BCUT2D eigenvalue weighted by Gasteiger charge is -1.95. The Morgan fingerprint density at radius 2 is 2.27 bits per heavy atom. The molecule has 0 aliphatic rings. The van der Waals surface area contributed by atoms with Gasteiger partial charge in [-0.3, -0.25) is 0 Å². The van der Waals surface area contributed by atoms with Gasteiger partial charge in [-0.2, -0.15) is 4.37 Å². The Balaban J connectivity index is 2.96. The van der Waals surface area contributed by atoms with Gasteiger partial charge in [-0.15, -0.1) is 0 Å². The summed E-state index contributed by atoms with van der Waals surface area (Å²) < 4.78 is 4.78. The number of phenols is 1. The van der Waals surface area contributed by atoms with E-state index in [9.17, 15) is 5.11 Å². The first-order valence-corrected chi connectivity index (χ1v) is 3.88. The van der Waals surface area contributed by atoms with Crippen LogP contribution in [0.25, 0.3) is 10.1 Å². The third kappa shape index (κ3) is 0.832. The summed E-state index contributed by atoms with van der Waals surface area (Å²) in [5.74, 6) is 0.239. The molecule has 0 saturated carbocycles. The molecule has 1 aromatic carbocycles. The van der Waals surface area contributed by atoms with E-state index in [1.54, 1.807) is 18.3 Å². The largest absolute Gasteiger partial charge is 0.507 e. The van der Waals surface area contributed by atoms with Gasteiger partial charge in [0.05, 0.1) is 22.0 Å². The van der Waals surface area contributed by atoms with Crippen molar-refractivity contribution in [2.75, 3.05) is 5.73 Å². The van der Waals surface area contributed by atoms with Gasteiger partial charge in [0, 0.05) is 0 Å². The first kappa shape index (κ1) is 6.42. The minimum absolute atomic E-state index is 0.239. The van der Waals surface area contributed by atoms with Crippen LogP contribution in [0.3, 0.4) is 0 Å². The van der Waals surface area contributed by atoms with Crippen molar-refractivity contribution in [3.8, 4) is 5.75 Å². The topological polar surface area (TPSA) is 59.1 Å². The Morgan fingerprint density at radius 1 is 1.45 bits per heavy atom. The molecule has 0 saturated heterocycles. The van der Waals surface area contributed by atoms with Gasteiger partial charge in [0.25, 0.3) is 0 Å². The van der Waals surface area contributed by atoms with E-state index in [2.05, 4.69) is 4.37 Å². The van der Waals surface area contributed by atoms with Gasteiger partial charge in [-0.05, 0) is 23.7 Å². The third-order valence-corrected chi connectivity index (χ3v) is 2.38. The summed E-state index contributed by atoms with van der Waals surface area (Å²) in [4.78, 5) is 0. The van der Waals surface area contributed by atoms with Gasteiger partial charge in [0.2, 0.25) is 0 Å². The minimum atomic E-state index is 0.239. The molecule has 0 aliphatic carbocycles. The fraction of sp³-hybridized carbons (Fsp3) is 0. The predicted octanol–water partition coefficient (Wildman–Crippen LogP) is 1.58. The summed E-state index contributed by atoms with van der Waals surface area (Å²) in [6, 6.07) is 3.25. The number of benzene rings is 1. The lowest BCUT2D eigenvalue weighted by Crippen LogP contribution is -1.82. The molecule has 1 aromatic heterocycles. The predicted molar refractivity (Wildman–Crippen MR) is 45.7 cm³/mol. The molecular weight excluding hydrogens is 160 g/mol. The van der Waals surface area contributed by atoms with Crippen LogP contribution in [0.4, 0.5) is 5.69 Å². The van der Waals surface area contributed by atoms with Gasteiger partial charge >= 0.3 is 0 Å². The third-order valence-electron chi connectivity index (χ3n) is 1.53. The van der Waals surface area contributed by atoms with Crippen LogP contribution >= 0.6 is 11.5 Å². The zero-order valence-electron chi connectivity index (χ0n) is 5.61. The average Bonchev–Trinajstić information content (AvgIpc) is 2.45. The number of hydrogen-bond donors (Lipinski definition) is 2. The van der Waals surface area contributed by atoms with Crippen LogP contribution in [0.1, 0.15) is 0 Å². The number of hydrogen-bond acceptors (Lipinski definition) is 4. The van der Waals surface area contributed by atoms with Crippen LogP contribution in [0.15, 0.2) is 18.3 Å². The Hall–Kier alpha value is -1.29. The summed E-state index contributed by atoms with van der Waals surface area (Å²) in [5.41, 5.74) is 6.30. The number of nitrogens with two attached hydrogens (primary N) is 1. The maximum atomic E-state index is 9.30. The molecule has 11 heavy (non-hydrogen) atoms. The molecule has 2 rings (SSSR count). The van der Waals surface area contributed by atoms with Crippen molar-refractivity contribution in [2.45, 2.75) is 0 Å². The molecule has 0 amide bonds. The highest BCUT2D eigenvalue weighted by Crippen LogP contribution is 2.31. The Morgan fingerprint density at radius 3 is 3.00 bits per heavy atom. The van der Waals surface area contributed by atoms with Gasteiger partial charge in [0.15, 0.2) is 0 Å². The summed E-state index contributed by atoms with van der Waals surface area (Å²) in [5, 5.41) is 10.0. The Bertz CT molecular complexity index is 360. The smallest absolute Gasteiger partial charge is 0.126 e. The number of nitrogen functional groups attached to an aromatic ring is 1. The van der Waals surface area contributed by atoms with Crippen molar-refractivity contribution < 1.29 is 5.11 Å². The fourth-order valence-corrected chi connectivity index (χ4v) is 1.66. The van der Waals surface area contributed by atoms with Crippen LogP contribution in [-0.4, -0.2) is 9.48 Å². The molecule has 0 atom stereocenters. The second-order valence-corrected chi connectivity index (χ2v) is 3.04. The molecule has 0 radical (unpaired) electrons. The number of rotatable bonds is 0. The van der Waals surface area contributed by atoms with Crippen molar-refractivity contribution >= 4 is 27.3 Å². The van der Waals surface area contributed by atoms with E-state index < -0.39 is 0 Å². The summed E-state index contributed by atoms with van der Waals surface area (Å²) in [6.07, 6.45) is 1.62. The quantitative estimate of drug-likeness (QED) is 0.461. The molecule has 1 heterocycles. The zero-order chi connectivity index (χ0) is 7.84. The molecule has 4 heteroatoms. The van der Waals surface area contributed by atoms with Crippen LogP contribution < -0.4 is 5.73 Å². The molecule has 2 aromatic rings. The van der Waals surface area contributed by atoms with Crippen molar-refractivity contribution in [1.82, 2.24) is 4.37 Å². The summed E-state index contributed by atoms with van der Waals surface area (Å²) in [7, 11) is 0.